The Morgan fingerprint density at radius 1 is 1.18 bits per heavy atom. The number of imide groups is 1. The average Bonchev–Trinajstić information content (AvgIpc) is 2.68. The Labute approximate surface area is 102 Å². The lowest BCUT2D eigenvalue weighted by Gasteiger charge is -2.15. The standard InChI is InChI=1S/C11H11NO4S/c13-8-3-1-2-4-9(14)12(8)10-6-5-7(17-10)11(15)16/h5-6H,1-4H2,(H,15,16). The summed E-state index contributed by atoms with van der Waals surface area (Å²) in [5, 5.41) is 9.21. The number of amides is 2. The van der Waals surface area contributed by atoms with Gasteiger partial charge in [0, 0.05) is 12.8 Å². The number of carbonyl (C=O) groups is 3. The molecule has 1 N–H and O–H groups in total. The van der Waals surface area contributed by atoms with Crippen LogP contribution in [0.5, 0.6) is 0 Å². The first-order chi connectivity index (χ1) is 8.09. The van der Waals surface area contributed by atoms with E-state index in [9.17, 15) is 14.4 Å². The van der Waals surface area contributed by atoms with Gasteiger partial charge in [0.25, 0.3) is 0 Å². The van der Waals surface area contributed by atoms with Gasteiger partial charge in [-0.1, -0.05) is 0 Å². The Hall–Kier alpha value is -1.69. The van der Waals surface area contributed by atoms with Crippen molar-refractivity contribution in [1.29, 1.82) is 0 Å². The molecule has 0 spiro atoms. The molecular formula is C11H11NO4S. The molecule has 1 saturated heterocycles. The number of aromatic carboxylic acids is 1. The van der Waals surface area contributed by atoms with Gasteiger partial charge in [-0.15, -0.1) is 11.3 Å². The number of hydrogen-bond donors (Lipinski definition) is 1. The topological polar surface area (TPSA) is 74.7 Å². The van der Waals surface area contributed by atoms with Gasteiger partial charge in [0.15, 0.2) is 0 Å². The minimum absolute atomic E-state index is 0.129. The van der Waals surface area contributed by atoms with Gasteiger partial charge in [-0.05, 0) is 25.0 Å². The molecule has 0 radical (unpaired) electrons. The molecule has 2 rings (SSSR count). The zero-order valence-electron chi connectivity index (χ0n) is 9.01. The smallest absolute Gasteiger partial charge is 0.345 e. The molecule has 2 amide bonds. The van der Waals surface area contributed by atoms with Crippen LogP contribution in [0.3, 0.4) is 0 Å². The maximum absolute atomic E-state index is 11.8. The lowest BCUT2D eigenvalue weighted by Crippen LogP contribution is -2.34. The first kappa shape index (κ1) is 11.8. The van der Waals surface area contributed by atoms with Crippen molar-refractivity contribution in [3.63, 3.8) is 0 Å². The SMILES string of the molecule is O=C(O)c1ccc(N2C(=O)CCCCC2=O)s1. The molecule has 17 heavy (non-hydrogen) atoms. The van der Waals surface area contributed by atoms with Gasteiger partial charge in [0.1, 0.15) is 9.88 Å². The van der Waals surface area contributed by atoms with E-state index in [0.29, 0.717) is 30.7 Å². The fourth-order valence-electron chi connectivity index (χ4n) is 1.72. The van der Waals surface area contributed by atoms with Gasteiger partial charge in [-0.2, -0.15) is 0 Å². The van der Waals surface area contributed by atoms with E-state index in [1.165, 1.54) is 12.1 Å². The number of carbonyl (C=O) groups excluding carboxylic acids is 2. The third kappa shape index (κ3) is 2.36. The van der Waals surface area contributed by atoms with Crippen molar-refractivity contribution in [3.05, 3.63) is 17.0 Å². The van der Waals surface area contributed by atoms with Crippen molar-refractivity contribution in [1.82, 2.24) is 0 Å². The molecule has 1 fully saturated rings. The zero-order chi connectivity index (χ0) is 12.4. The average molecular weight is 253 g/mol. The summed E-state index contributed by atoms with van der Waals surface area (Å²) in [5.74, 6) is -1.53. The van der Waals surface area contributed by atoms with Gasteiger partial charge in [0.05, 0.1) is 0 Å². The Morgan fingerprint density at radius 3 is 2.24 bits per heavy atom. The van der Waals surface area contributed by atoms with E-state index in [2.05, 4.69) is 0 Å². The lowest BCUT2D eigenvalue weighted by molar-refractivity contribution is -0.125. The summed E-state index contributed by atoms with van der Waals surface area (Å²) in [7, 11) is 0. The molecule has 1 aromatic heterocycles. The van der Waals surface area contributed by atoms with Gasteiger partial charge in [-0.25, -0.2) is 9.69 Å². The van der Waals surface area contributed by atoms with Crippen LogP contribution in [0.1, 0.15) is 35.4 Å². The van der Waals surface area contributed by atoms with E-state index in [1.54, 1.807) is 0 Å². The molecule has 2 heterocycles. The zero-order valence-corrected chi connectivity index (χ0v) is 9.83. The molecule has 0 saturated carbocycles. The third-order valence-electron chi connectivity index (χ3n) is 2.55. The Bertz CT molecular complexity index is 462. The van der Waals surface area contributed by atoms with E-state index in [1.807, 2.05) is 0 Å². The van der Waals surface area contributed by atoms with Crippen LogP contribution in [0.25, 0.3) is 0 Å². The predicted octanol–water partition coefficient (Wildman–Crippen LogP) is 1.88. The van der Waals surface area contributed by atoms with Crippen LogP contribution in [0.15, 0.2) is 12.1 Å². The molecule has 1 aliphatic rings. The minimum Gasteiger partial charge on any atom is -0.477 e. The van der Waals surface area contributed by atoms with E-state index in [-0.39, 0.29) is 16.7 Å². The summed E-state index contributed by atoms with van der Waals surface area (Å²) in [6.07, 6.45) is 2.09. The second kappa shape index (κ2) is 4.67. The predicted molar refractivity (Wildman–Crippen MR) is 62.2 cm³/mol. The first-order valence-electron chi connectivity index (χ1n) is 5.28. The highest BCUT2D eigenvalue weighted by Crippen LogP contribution is 2.29. The quantitative estimate of drug-likeness (QED) is 0.816. The van der Waals surface area contributed by atoms with Crippen LogP contribution in [0.4, 0.5) is 5.00 Å². The largest absolute Gasteiger partial charge is 0.477 e. The Morgan fingerprint density at radius 2 is 1.76 bits per heavy atom. The van der Waals surface area contributed by atoms with Gasteiger partial charge >= 0.3 is 5.97 Å². The molecule has 5 nitrogen and oxygen atoms in total. The molecule has 0 aliphatic carbocycles. The monoisotopic (exact) mass is 253 g/mol. The molecule has 0 aromatic carbocycles. The van der Waals surface area contributed by atoms with Crippen LogP contribution in [-0.4, -0.2) is 22.9 Å². The van der Waals surface area contributed by atoms with Crippen molar-refractivity contribution in [2.24, 2.45) is 0 Å². The second-order valence-corrected chi connectivity index (χ2v) is 4.84. The number of carboxylic acid groups (broad SMARTS) is 1. The highest BCUT2D eigenvalue weighted by Gasteiger charge is 2.27. The summed E-state index contributed by atoms with van der Waals surface area (Å²) in [6.45, 7) is 0. The highest BCUT2D eigenvalue weighted by atomic mass is 32.1. The second-order valence-electron chi connectivity index (χ2n) is 3.77. The third-order valence-corrected chi connectivity index (χ3v) is 3.61. The summed E-state index contributed by atoms with van der Waals surface area (Å²) in [4.78, 5) is 35.5. The highest BCUT2D eigenvalue weighted by molar-refractivity contribution is 7.18. The van der Waals surface area contributed by atoms with Crippen molar-refractivity contribution in [2.75, 3.05) is 4.90 Å². The number of nitrogens with zero attached hydrogens (tertiary/aromatic N) is 1. The summed E-state index contributed by atoms with van der Waals surface area (Å²) < 4.78 is 0. The van der Waals surface area contributed by atoms with Crippen LogP contribution < -0.4 is 4.90 Å². The van der Waals surface area contributed by atoms with E-state index < -0.39 is 5.97 Å². The van der Waals surface area contributed by atoms with Crippen LogP contribution in [0, 0.1) is 0 Å². The van der Waals surface area contributed by atoms with E-state index >= 15 is 0 Å². The normalized spacial score (nSPS) is 17.1. The molecule has 90 valence electrons. The fourth-order valence-corrected chi connectivity index (χ4v) is 2.60. The van der Waals surface area contributed by atoms with Crippen molar-refractivity contribution in [2.45, 2.75) is 25.7 Å². The van der Waals surface area contributed by atoms with E-state index in [0.717, 1.165) is 16.2 Å². The van der Waals surface area contributed by atoms with E-state index in [4.69, 9.17) is 5.11 Å². The number of hydrogen-bond acceptors (Lipinski definition) is 4. The Balaban J connectivity index is 2.31. The lowest BCUT2D eigenvalue weighted by atomic mass is 10.2. The van der Waals surface area contributed by atoms with Crippen LogP contribution in [-0.2, 0) is 9.59 Å². The van der Waals surface area contributed by atoms with Crippen molar-refractivity contribution in [3.8, 4) is 0 Å². The van der Waals surface area contributed by atoms with Crippen molar-refractivity contribution < 1.29 is 19.5 Å². The maximum atomic E-state index is 11.8. The maximum Gasteiger partial charge on any atom is 0.345 e. The fraction of sp³-hybridized carbons (Fsp3) is 0.364. The number of thiophene rings is 1. The summed E-state index contributed by atoms with van der Waals surface area (Å²) in [6, 6.07) is 2.92. The molecular weight excluding hydrogens is 242 g/mol. The van der Waals surface area contributed by atoms with Crippen LogP contribution in [0.2, 0.25) is 0 Å². The molecule has 0 bridgehead atoms. The number of carboxylic acids is 1. The summed E-state index contributed by atoms with van der Waals surface area (Å²) >= 11 is 0.949. The van der Waals surface area contributed by atoms with Gasteiger partial charge < -0.3 is 5.11 Å². The first-order valence-corrected chi connectivity index (χ1v) is 6.10. The van der Waals surface area contributed by atoms with Gasteiger partial charge in [-0.3, -0.25) is 9.59 Å². The molecule has 0 unspecified atom stereocenters. The molecule has 1 aromatic rings. The molecule has 1 aliphatic heterocycles. The summed E-state index contributed by atoms with van der Waals surface area (Å²) in [5.41, 5.74) is 0. The number of rotatable bonds is 2. The van der Waals surface area contributed by atoms with Crippen molar-refractivity contribution >= 4 is 34.1 Å². The molecule has 6 heteroatoms. The van der Waals surface area contributed by atoms with Crippen LogP contribution >= 0.6 is 11.3 Å². The number of anilines is 1. The van der Waals surface area contributed by atoms with Gasteiger partial charge in [0.2, 0.25) is 11.8 Å². The minimum atomic E-state index is -1.05. The Kier molecular flexibility index (Phi) is 3.23. The molecule has 0 atom stereocenters.